The highest BCUT2D eigenvalue weighted by Crippen LogP contribution is 2.17. The Morgan fingerprint density at radius 2 is 2.00 bits per heavy atom. The van der Waals surface area contributed by atoms with Crippen molar-refractivity contribution in [3.8, 4) is 0 Å². The predicted octanol–water partition coefficient (Wildman–Crippen LogP) is 2.15. The van der Waals surface area contributed by atoms with Crippen molar-refractivity contribution in [1.29, 1.82) is 0 Å². The first-order chi connectivity index (χ1) is 8.72. The van der Waals surface area contributed by atoms with Crippen LogP contribution in [0.3, 0.4) is 0 Å². The van der Waals surface area contributed by atoms with Gasteiger partial charge in [-0.25, -0.2) is 4.79 Å². The molecule has 2 rings (SSSR count). The van der Waals surface area contributed by atoms with Crippen LogP contribution < -0.4 is 5.32 Å². The van der Waals surface area contributed by atoms with E-state index in [1.807, 2.05) is 37.3 Å². The first-order valence-electron chi connectivity index (χ1n) is 6.35. The minimum atomic E-state index is -0.281. The number of carbonyl (C=O) groups excluding carboxylic acids is 2. The molecule has 1 aromatic rings. The summed E-state index contributed by atoms with van der Waals surface area (Å²) in [6.45, 7) is 2.87. The zero-order chi connectivity index (χ0) is 13.0. The maximum Gasteiger partial charge on any atom is 0.324 e. The monoisotopic (exact) mass is 246 g/mol. The highest BCUT2D eigenvalue weighted by molar-refractivity contribution is 5.98. The molecule has 18 heavy (non-hydrogen) atoms. The Bertz CT molecular complexity index is 431. The highest BCUT2D eigenvalue weighted by atomic mass is 16.2. The molecule has 1 heterocycles. The van der Waals surface area contributed by atoms with Crippen molar-refractivity contribution >= 4 is 11.9 Å². The van der Waals surface area contributed by atoms with Gasteiger partial charge in [0.2, 0.25) is 5.91 Å². The molecule has 1 fully saturated rings. The van der Waals surface area contributed by atoms with E-state index in [9.17, 15) is 9.59 Å². The van der Waals surface area contributed by atoms with Gasteiger partial charge in [0.1, 0.15) is 0 Å². The number of hydrogen-bond acceptors (Lipinski definition) is 2. The van der Waals surface area contributed by atoms with E-state index in [4.69, 9.17) is 0 Å². The van der Waals surface area contributed by atoms with Crippen LogP contribution in [0.15, 0.2) is 30.3 Å². The van der Waals surface area contributed by atoms with E-state index in [0.717, 1.165) is 18.4 Å². The lowest BCUT2D eigenvalue weighted by molar-refractivity contribution is -0.134. The standard InChI is InChI=1S/C14H18N2O2/c1-2-6-12-9-15-14(18)16(13(12)17)10-11-7-4-3-5-8-11/h3-5,7-8,12H,2,6,9-10H2,1H3,(H,15,18). The molecule has 0 aromatic heterocycles. The van der Waals surface area contributed by atoms with Gasteiger partial charge in [0.25, 0.3) is 0 Å². The van der Waals surface area contributed by atoms with E-state index in [-0.39, 0.29) is 17.9 Å². The summed E-state index contributed by atoms with van der Waals surface area (Å²) in [5, 5.41) is 2.78. The largest absolute Gasteiger partial charge is 0.337 e. The number of rotatable bonds is 4. The Morgan fingerprint density at radius 3 is 2.67 bits per heavy atom. The molecule has 4 heteroatoms. The second kappa shape index (κ2) is 5.67. The third-order valence-corrected chi connectivity index (χ3v) is 3.18. The van der Waals surface area contributed by atoms with E-state index in [0.29, 0.717) is 13.1 Å². The molecule has 1 atom stereocenters. The van der Waals surface area contributed by atoms with Gasteiger partial charge in [-0.1, -0.05) is 43.7 Å². The Labute approximate surface area is 107 Å². The smallest absolute Gasteiger partial charge is 0.324 e. The Morgan fingerprint density at radius 1 is 1.28 bits per heavy atom. The maximum atomic E-state index is 12.2. The second-order valence-corrected chi connectivity index (χ2v) is 4.58. The van der Waals surface area contributed by atoms with Crippen LogP contribution in [0.1, 0.15) is 25.3 Å². The summed E-state index contributed by atoms with van der Waals surface area (Å²) >= 11 is 0. The van der Waals surface area contributed by atoms with Crippen molar-refractivity contribution in [2.24, 2.45) is 5.92 Å². The fourth-order valence-corrected chi connectivity index (χ4v) is 2.20. The normalized spacial score (nSPS) is 19.8. The lowest BCUT2D eigenvalue weighted by atomic mass is 10.00. The van der Waals surface area contributed by atoms with Crippen molar-refractivity contribution in [2.75, 3.05) is 6.54 Å². The fraction of sp³-hybridized carbons (Fsp3) is 0.429. The van der Waals surface area contributed by atoms with Gasteiger partial charge >= 0.3 is 6.03 Å². The molecule has 1 unspecified atom stereocenters. The molecule has 4 nitrogen and oxygen atoms in total. The van der Waals surface area contributed by atoms with E-state index in [1.165, 1.54) is 4.90 Å². The predicted molar refractivity (Wildman–Crippen MR) is 68.8 cm³/mol. The number of nitrogens with one attached hydrogen (secondary N) is 1. The van der Waals surface area contributed by atoms with E-state index < -0.39 is 0 Å². The molecule has 0 saturated carbocycles. The molecule has 1 aromatic carbocycles. The number of amides is 3. The van der Waals surface area contributed by atoms with E-state index in [2.05, 4.69) is 5.32 Å². The molecule has 0 aliphatic carbocycles. The Hall–Kier alpha value is -1.84. The molecule has 0 spiro atoms. The summed E-state index contributed by atoms with van der Waals surface area (Å²) in [5.74, 6) is -0.124. The van der Waals surface area contributed by atoms with E-state index in [1.54, 1.807) is 0 Å². The first-order valence-corrected chi connectivity index (χ1v) is 6.35. The molecule has 0 radical (unpaired) electrons. The zero-order valence-electron chi connectivity index (χ0n) is 10.6. The van der Waals surface area contributed by atoms with E-state index >= 15 is 0 Å². The van der Waals surface area contributed by atoms with Crippen LogP contribution in [-0.4, -0.2) is 23.4 Å². The number of carbonyl (C=O) groups is 2. The molecule has 1 N–H and O–H groups in total. The van der Waals surface area contributed by atoms with Gasteiger partial charge in [0.05, 0.1) is 12.5 Å². The van der Waals surface area contributed by atoms with Crippen LogP contribution >= 0.6 is 0 Å². The van der Waals surface area contributed by atoms with Crippen molar-refractivity contribution in [3.05, 3.63) is 35.9 Å². The lowest BCUT2D eigenvalue weighted by Gasteiger charge is -2.31. The van der Waals surface area contributed by atoms with Gasteiger partial charge in [0, 0.05) is 6.54 Å². The Balaban J connectivity index is 2.09. The molecule has 1 aliphatic rings. The lowest BCUT2D eigenvalue weighted by Crippen LogP contribution is -2.54. The van der Waals surface area contributed by atoms with Gasteiger partial charge < -0.3 is 5.32 Å². The third kappa shape index (κ3) is 2.70. The summed E-state index contributed by atoms with van der Waals surface area (Å²) < 4.78 is 0. The summed E-state index contributed by atoms with van der Waals surface area (Å²) in [5.41, 5.74) is 0.971. The first kappa shape index (κ1) is 12.6. The van der Waals surface area contributed by atoms with Crippen LogP contribution in [0.2, 0.25) is 0 Å². The van der Waals surface area contributed by atoms with Crippen LogP contribution in [0.25, 0.3) is 0 Å². The zero-order valence-corrected chi connectivity index (χ0v) is 10.6. The topological polar surface area (TPSA) is 49.4 Å². The number of nitrogens with zero attached hydrogens (tertiary/aromatic N) is 1. The molecule has 3 amide bonds. The Kier molecular flexibility index (Phi) is 3.97. The highest BCUT2D eigenvalue weighted by Gasteiger charge is 2.33. The summed E-state index contributed by atoms with van der Waals surface area (Å²) in [6, 6.07) is 9.29. The average molecular weight is 246 g/mol. The number of benzene rings is 1. The van der Waals surface area contributed by atoms with Gasteiger partial charge in [-0.05, 0) is 12.0 Å². The number of urea groups is 1. The van der Waals surface area contributed by atoms with Crippen LogP contribution in [-0.2, 0) is 11.3 Å². The van der Waals surface area contributed by atoms with Crippen LogP contribution in [0, 0.1) is 5.92 Å². The van der Waals surface area contributed by atoms with Crippen LogP contribution in [0.4, 0.5) is 4.79 Å². The van der Waals surface area contributed by atoms with Crippen LogP contribution in [0.5, 0.6) is 0 Å². The fourth-order valence-electron chi connectivity index (χ4n) is 2.20. The number of imide groups is 1. The molecular weight excluding hydrogens is 228 g/mol. The summed E-state index contributed by atoms with van der Waals surface area (Å²) in [7, 11) is 0. The minimum Gasteiger partial charge on any atom is -0.337 e. The van der Waals surface area contributed by atoms with Gasteiger partial charge in [-0.2, -0.15) is 0 Å². The van der Waals surface area contributed by atoms with Gasteiger partial charge in [0.15, 0.2) is 0 Å². The molecular formula is C14H18N2O2. The SMILES string of the molecule is CCCC1CNC(=O)N(Cc2ccccc2)C1=O. The van der Waals surface area contributed by atoms with Gasteiger partial charge in [-0.3, -0.25) is 9.69 Å². The maximum absolute atomic E-state index is 12.2. The van der Waals surface area contributed by atoms with Crippen molar-refractivity contribution in [3.63, 3.8) is 0 Å². The summed E-state index contributed by atoms with van der Waals surface area (Å²) in [4.78, 5) is 25.3. The molecule has 96 valence electrons. The molecule has 1 aliphatic heterocycles. The molecule has 1 saturated heterocycles. The third-order valence-electron chi connectivity index (χ3n) is 3.18. The molecule has 0 bridgehead atoms. The number of hydrogen-bond donors (Lipinski definition) is 1. The van der Waals surface area contributed by atoms with Crippen molar-refractivity contribution < 1.29 is 9.59 Å². The van der Waals surface area contributed by atoms with Crippen molar-refractivity contribution in [2.45, 2.75) is 26.3 Å². The van der Waals surface area contributed by atoms with Gasteiger partial charge in [-0.15, -0.1) is 0 Å². The second-order valence-electron chi connectivity index (χ2n) is 4.58. The van der Waals surface area contributed by atoms with Crippen molar-refractivity contribution in [1.82, 2.24) is 10.2 Å². The summed E-state index contributed by atoms with van der Waals surface area (Å²) in [6.07, 6.45) is 1.77. The average Bonchev–Trinajstić information content (AvgIpc) is 2.39. The minimum absolute atomic E-state index is 0.0514. The quantitative estimate of drug-likeness (QED) is 0.885.